The summed E-state index contributed by atoms with van der Waals surface area (Å²) in [5.41, 5.74) is -0.0134. The van der Waals surface area contributed by atoms with Crippen LogP contribution in [0.25, 0.3) is 0 Å². The van der Waals surface area contributed by atoms with Gasteiger partial charge in [-0.2, -0.15) is 0 Å². The van der Waals surface area contributed by atoms with Crippen molar-refractivity contribution >= 4 is 0 Å². The molecule has 0 aromatic heterocycles. The molecule has 3 nitrogen and oxygen atoms in total. The molecule has 88 valence electrons. The third-order valence-electron chi connectivity index (χ3n) is 3.87. The Kier molecular flexibility index (Phi) is 3.65. The second kappa shape index (κ2) is 4.81. The number of nitrogens with one attached hydrogen (secondary N) is 1. The molecule has 3 heteroatoms. The molecule has 0 aliphatic carbocycles. The van der Waals surface area contributed by atoms with Gasteiger partial charge in [0.2, 0.25) is 0 Å². The van der Waals surface area contributed by atoms with Crippen LogP contribution in [0, 0.1) is 5.92 Å². The summed E-state index contributed by atoms with van der Waals surface area (Å²) >= 11 is 0. The van der Waals surface area contributed by atoms with Crippen molar-refractivity contribution in [2.45, 2.75) is 38.1 Å². The number of aliphatic hydroxyl groups excluding tert-OH is 1. The van der Waals surface area contributed by atoms with Crippen LogP contribution in [0.4, 0.5) is 0 Å². The largest absolute Gasteiger partial charge is 0.394 e. The van der Waals surface area contributed by atoms with Gasteiger partial charge in [0.15, 0.2) is 0 Å². The predicted octanol–water partition coefficient (Wildman–Crippen LogP) is 0.833. The minimum absolute atomic E-state index is 0.0134. The van der Waals surface area contributed by atoms with Crippen LogP contribution in [0.15, 0.2) is 0 Å². The van der Waals surface area contributed by atoms with Crippen molar-refractivity contribution in [3.05, 3.63) is 0 Å². The number of aliphatic hydroxyl groups is 1. The summed E-state index contributed by atoms with van der Waals surface area (Å²) in [5, 5.41) is 12.7. The summed E-state index contributed by atoms with van der Waals surface area (Å²) < 4.78 is 0. The SMILES string of the molecule is CC1(CO)CC(CN2CCCCC2)CN1. The van der Waals surface area contributed by atoms with Gasteiger partial charge in [0.25, 0.3) is 0 Å². The highest BCUT2D eigenvalue weighted by molar-refractivity contribution is 4.93. The highest BCUT2D eigenvalue weighted by Gasteiger charge is 2.34. The molecule has 2 fully saturated rings. The van der Waals surface area contributed by atoms with E-state index in [-0.39, 0.29) is 12.1 Å². The van der Waals surface area contributed by atoms with Crippen molar-refractivity contribution in [1.29, 1.82) is 0 Å². The smallest absolute Gasteiger partial charge is 0.0610 e. The van der Waals surface area contributed by atoms with E-state index in [2.05, 4.69) is 17.1 Å². The van der Waals surface area contributed by atoms with E-state index in [9.17, 15) is 5.11 Å². The van der Waals surface area contributed by atoms with Crippen molar-refractivity contribution in [2.24, 2.45) is 5.92 Å². The first kappa shape index (κ1) is 11.4. The van der Waals surface area contributed by atoms with Crippen LogP contribution in [0.1, 0.15) is 32.6 Å². The zero-order valence-electron chi connectivity index (χ0n) is 9.84. The molecule has 2 aliphatic rings. The normalized spacial score (nSPS) is 38.4. The number of hydrogen-bond donors (Lipinski definition) is 2. The van der Waals surface area contributed by atoms with Gasteiger partial charge < -0.3 is 15.3 Å². The van der Waals surface area contributed by atoms with Crippen LogP contribution >= 0.6 is 0 Å². The van der Waals surface area contributed by atoms with Gasteiger partial charge in [0.1, 0.15) is 0 Å². The molecule has 0 bridgehead atoms. The molecule has 0 aromatic rings. The van der Waals surface area contributed by atoms with E-state index in [1.165, 1.54) is 38.9 Å². The Morgan fingerprint density at radius 1 is 1.33 bits per heavy atom. The lowest BCUT2D eigenvalue weighted by Crippen LogP contribution is -2.39. The molecule has 2 unspecified atom stereocenters. The molecule has 0 amide bonds. The number of likely N-dealkylation sites (tertiary alicyclic amines) is 1. The zero-order valence-corrected chi connectivity index (χ0v) is 9.84. The maximum atomic E-state index is 9.27. The molecule has 0 saturated carbocycles. The van der Waals surface area contributed by atoms with Gasteiger partial charge in [0, 0.05) is 12.1 Å². The average molecular weight is 212 g/mol. The van der Waals surface area contributed by atoms with Crippen molar-refractivity contribution in [3.8, 4) is 0 Å². The van der Waals surface area contributed by atoms with Gasteiger partial charge in [-0.05, 0) is 51.7 Å². The van der Waals surface area contributed by atoms with Gasteiger partial charge in [-0.1, -0.05) is 6.42 Å². The highest BCUT2D eigenvalue weighted by Crippen LogP contribution is 2.25. The number of rotatable bonds is 3. The molecule has 2 saturated heterocycles. The second-order valence-corrected chi connectivity index (χ2v) is 5.53. The topological polar surface area (TPSA) is 35.5 Å². The van der Waals surface area contributed by atoms with E-state index in [4.69, 9.17) is 0 Å². The average Bonchev–Trinajstić information content (AvgIpc) is 2.63. The highest BCUT2D eigenvalue weighted by atomic mass is 16.3. The predicted molar refractivity (Wildman–Crippen MR) is 61.9 cm³/mol. The van der Waals surface area contributed by atoms with Crippen molar-refractivity contribution in [3.63, 3.8) is 0 Å². The molecule has 2 N–H and O–H groups in total. The minimum atomic E-state index is -0.0134. The maximum Gasteiger partial charge on any atom is 0.0610 e. The quantitative estimate of drug-likeness (QED) is 0.727. The fraction of sp³-hybridized carbons (Fsp3) is 1.00. The summed E-state index contributed by atoms with van der Waals surface area (Å²) in [7, 11) is 0. The van der Waals surface area contributed by atoms with E-state index in [1.54, 1.807) is 0 Å². The molecular formula is C12H24N2O. The standard InChI is InChI=1S/C12H24N2O/c1-12(10-15)7-11(8-13-12)9-14-5-3-2-4-6-14/h11,13,15H,2-10H2,1H3. The van der Waals surface area contributed by atoms with Crippen LogP contribution in [0.2, 0.25) is 0 Å². The molecule has 0 aromatic carbocycles. The van der Waals surface area contributed by atoms with E-state index < -0.39 is 0 Å². The van der Waals surface area contributed by atoms with Gasteiger partial charge in [-0.15, -0.1) is 0 Å². The van der Waals surface area contributed by atoms with Gasteiger partial charge in [0.05, 0.1) is 6.61 Å². The van der Waals surface area contributed by atoms with Crippen LogP contribution in [-0.2, 0) is 0 Å². The Morgan fingerprint density at radius 2 is 2.07 bits per heavy atom. The fourth-order valence-corrected chi connectivity index (χ4v) is 2.93. The van der Waals surface area contributed by atoms with E-state index >= 15 is 0 Å². The molecule has 2 rings (SSSR count). The van der Waals surface area contributed by atoms with Gasteiger partial charge in [-0.25, -0.2) is 0 Å². The lowest BCUT2D eigenvalue weighted by Gasteiger charge is -2.29. The Bertz CT molecular complexity index is 204. The number of nitrogens with zero attached hydrogens (tertiary/aromatic N) is 1. The summed E-state index contributed by atoms with van der Waals surface area (Å²) in [5.74, 6) is 0.736. The lowest BCUT2D eigenvalue weighted by molar-refractivity contribution is 0.174. The molecule has 2 aliphatic heterocycles. The van der Waals surface area contributed by atoms with Crippen LogP contribution in [0.3, 0.4) is 0 Å². The molecule has 0 radical (unpaired) electrons. The van der Waals surface area contributed by atoms with E-state index in [0.29, 0.717) is 0 Å². The van der Waals surface area contributed by atoms with Crippen molar-refractivity contribution < 1.29 is 5.11 Å². The molecule has 2 atom stereocenters. The van der Waals surface area contributed by atoms with Crippen molar-refractivity contribution in [1.82, 2.24) is 10.2 Å². The summed E-state index contributed by atoms with van der Waals surface area (Å²) in [4.78, 5) is 2.60. The minimum Gasteiger partial charge on any atom is -0.394 e. The molecule has 2 heterocycles. The van der Waals surface area contributed by atoms with Gasteiger partial charge >= 0.3 is 0 Å². The molecule has 15 heavy (non-hydrogen) atoms. The Balaban J connectivity index is 1.76. The van der Waals surface area contributed by atoms with Crippen LogP contribution < -0.4 is 5.32 Å². The third-order valence-corrected chi connectivity index (χ3v) is 3.87. The first-order valence-corrected chi connectivity index (χ1v) is 6.30. The number of piperidine rings is 1. The Hall–Kier alpha value is -0.120. The Morgan fingerprint density at radius 3 is 2.67 bits per heavy atom. The monoisotopic (exact) mass is 212 g/mol. The first-order chi connectivity index (χ1) is 7.22. The zero-order chi connectivity index (χ0) is 10.7. The Labute approximate surface area is 92.8 Å². The van der Waals surface area contributed by atoms with Crippen LogP contribution in [0.5, 0.6) is 0 Å². The summed E-state index contributed by atoms with van der Waals surface area (Å²) in [6, 6.07) is 0. The molecule has 0 spiro atoms. The van der Waals surface area contributed by atoms with E-state index in [0.717, 1.165) is 18.9 Å². The third kappa shape index (κ3) is 2.92. The fourth-order valence-electron chi connectivity index (χ4n) is 2.93. The van der Waals surface area contributed by atoms with Gasteiger partial charge in [-0.3, -0.25) is 0 Å². The number of hydrogen-bond acceptors (Lipinski definition) is 3. The summed E-state index contributed by atoms with van der Waals surface area (Å²) in [6.45, 7) is 7.27. The summed E-state index contributed by atoms with van der Waals surface area (Å²) in [6.07, 6.45) is 5.28. The second-order valence-electron chi connectivity index (χ2n) is 5.53. The van der Waals surface area contributed by atoms with Crippen LogP contribution in [-0.4, -0.2) is 48.3 Å². The van der Waals surface area contributed by atoms with E-state index in [1.807, 2.05) is 0 Å². The first-order valence-electron chi connectivity index (χ1n) is 6.30. The maximum absolute atomic E-state index is 9.27. The molecular weight excluding hydrogens is 188 g/mol. The lowest BCUT2D eigenvalue weighted by atomic mass is 9.95. The van der Waals surface area contributed by atoms with Crippen molar-refractivity contribution in [2.75, 3.05) is 32.8 Å².